The maximum absolute atomic E-state index is 12.1. The fourth-order valence-electron chi connectivity index (χ4n) is 1.62. The van der Waals surface area contributed by atoms with E-state index < -0.39 is 0 Å². The summed E-state index contributed by atoms with van der Waals surface area (Å²) in [5.74, 6) is 0.423. The zero-order valence-corrected chi connectivity index (χ0v) is 11.5. The number of aromatic nitrogens is 1. The highest BCUT2D eigenvalue weighted by Gasteiger charge is 2.09. The van der Waals surface area contributed by atoms with E-state index in [0.29, 0.717) is 22.1 Å². The molecule has 0 saturated carbocycles. The zero-order chi connectivity index (χ0) is 13.8. The molecule has 0 radical (unpaired) electrons. The molecule has 0 unspecified atom stereocenters. The number of carbonyl (C=O) groups excluding carboxylic acids is 1. The Labute approximate surface area is 116 Å². The third-order valence-electron chi connectivity index (χ3n) is 2.65. The number of anilines is 2. The minimum atomic E-state index is -0.218. The van der Waals surface area contributed by atoms with Crippen LogP contribution in [0.15, 0.2) is 36.5 Å². The van der Waals surface area contributed by atoms with E-state index in [4.69, 9.17) is 11.6 Å². The van der Waals surface area contributed by atoms with Gasteiger partial charge in [-0.3, -0.25) is 4.79 Å². The third kappa shape index (κ3) is 3.23. The number of hydrogen-bond donors (Lipinski definition) is 2. The van der Waals surface area contributed by atoms with Gasteiger partial charge < -0.3 is 10.6 Å². The average Bonchev–Trinajstić information content (AvgIpc) is 2.42. The van der Waals surface area contributed by atoms with E-state index in [-0.39, 0.29) is 5.91 Å². The Balaban J connectivity index is 2.20. The van der Waals surface area contributed by atoms with Crippen LogP contribution in [-0.4, -0.2) is 17.9 Å². The number of benzene rings is 1. The first kappa shape index (κ1) is 13.4. The Bertz CT molecular complexity index is 613. The molecule has 2 aromatic rings. The van der Waals surface area contributed by atoms with Crippen LogP contribution in [0.1, 0.15) is 15.9 Å². The maximum Gasteiger partial charge on any atom is 0.255 e. The van der Waals surface area contributed by atoms with E-state index in [1.54, 1.807) is 31.4 Å². The molecule has 0 aliphatic rings. The van der Waals surface area contributed by atoms with Crippen molar-refractivity contribution in [3.63, 3.8) is 0 Å². The Hall–Kier alpha value is -2.07. The molecule has 5 heteroatoms. The largest absolute Gasteiger partial charge is 0.373 e. The van der Waals surface area contributed by atoms with Crippen LogP contribution >= 0.6 is 11.6 Å². The fraction of sp³-hybridized carbons (Fsp3) is 0.143. The number of nitrogens with zero attached hydrogens (tertiary/aromatic N) is 1. The van der Waals surface area contributed by atoms with Crippen molar-refractivity contribution in [3.8, 4) is 0 Å². The van der Waals surface area contributed by atoms with Crippen molar-refractivity contribution < 1.29 is 4.79 Å². The van der Waals surface area contributed by atoms with Gasteiger partial charge in [0.05, 0.1) is 10.7 Å². The number of carbonyl (C=O) groups is 1. The maximum atomic E-state index is 12.1. The van der Waals surface area contributed by atoms with Crippen molar-refractivity contribution in [2.45, 2.75) is 6.92 Å². The van der Waals surface area contributed by atoms with E-state index in [0.717, 1.165) is 5.56 Å². The van der Waals surface area contributed by atoms with Gasteiger partial charge in [-0.25, -0.2) is 4.98 Å². The van der Waals surface area contributed by atoms with E-state index >= 15 is 0 Å². The molecule has 0 atom stereocenters. The van der Waals surface area contributed by atoms with Gasteiger partial charge in [0, 0.05) is 18.8 Å². The summed E-state index contributed by atoms with van der Waals surface area (Å²) in [4.78, 5) is 16.2. The second kappa shape index (κ2) is 5.71. The number of halogens is 1. The molecule has 0 saturated heterocycles. The van der Waals surface area contributed by atoms with E-state index in [1.165, 1.54) is 0 Å². The highest BCUT2D eigenvalue weighted by molar-refractivity contribution is 6.34. The molecule has 2 rings (SSSR count). The predicted molar refractivity (Wildman–Crippen MR) is 77.9 cm³/mol. The van der Waals surface area contributed by atoms with E-state index in [9.17, 15) is 4.79 Å². The summed E-state index contributed by atoms with van der Waals surface area (Å²) in [5.41, 5.74) is 2.17. The van der Waals surface area contributed by atoms with E-state index in [1.807, 2.05) is 19.1 Å². The Morgan fingerprint density at radius 1 is 1.26 bits per heavy atom. The van der Waals surface area contributed by atoms with Crippen molar-refractivity contribution in [2.75, 3.05) is 17.7 Å². The minimum absolute atomic E-state index is 0.218. The summed E-state index contributed by atoms with van der Waals surface area (Å²) in [6.07, 6.45) is 1.58. The lowest BCUT2D eigenvalue weighted by atomic mass is 10.2. The summed E-state index contributed by atoms with van der Waals surface area (Å²) >= 11 is 6.08. The lowest BCUT2D eigenvalue weighted by molar-refractivity contribution is 0.102. The molecule has 2 N–H and O–H groups in total. The van der Waals surface area contributed by atoms with Crippen molar-refractivity contribution in [1.29, 1.82) is 0 Å². The van der Waals surface area contributed by atoms with Gasteiger partial charge >= 0.3 is 0 Å². The van der Waals surface area contributed by atoms with Crippen LogP contribution in [0.4, 0.5) is 11.5 Å². The topological polar surface area (TPSA) is 54.0 Å². The van der Waals surface area contributed by atoms with Gasteiger partial charge in [0.25, 0.3) is 5.91 Å². The van der Waals surface area contributed by atoms with Crippen molar-refractivity contribution in [1.82, 2.24) is 4.98 Å². The summed E-state index contributed by atoms with van der Waals surface area (Å²) in [6.45, 7) is 1.94. The van der Waals surface area contributed by atoms with Gasteiger partial charge in [-0.15, -0.1) is 0 Å². The van der Waals surface area contributed by atoms with Crippen molar-refractivity contribution >= 4 is 29.0 Å². The van der Waals surface area contributed by atoms with E-state index in [2.05, 4.69) is 15.6 Å². The smallest absolute Gasteiger partial charge is 0.255 e. The summed E-state index contributed by atoms with van der Waals surface area (Å²) in [6, 6.07) is 8.82. The molecule has 19 heavy (non-hydrogen) atoms. The summed E-state index contributed by atoms with van der Waals surface area (Å²) in [5, 5.41) is 6.19. The number of pyridine rings is 1. The second-order valence-electron chi connectivity index (χ2n) is 4.12. The molecule has 0 fully saturated rings. The van der Waals surface area contributed by atoms with Crippen LogP contribution in [0.5, 0.6) is 0 Å². The molecule has 98 valence electrons. The standard InChI is InChI=1S/C14H14ClN3O/c1-9-3-4-12(11(15)7-9)18-14(19)10-5-6-17-13(8-10)16-2/h3-8H,1-2H3,(H,16,17)(H,18,19). The molecule has 0 spiro atoms. The molecule has 4 nitrogen and oxygen atoms in total. The lowest BCUT2D eigenvalue weighted by Crippen LogP contribution is -2.12. The van der Waals surface area contributed by atoms with Gasteiger partial charge in [-0.2, -0.15) is 0 Å². The number of rotatable bonds is 3. The molecule has 1 heterocycles. The second-order valence-corrected chi connectivity index (χ2v) is 4.52. The lowest BCUT2D eigenvalue weighted by Gasteiger charge is -2.08. The number of hydrogen-bond acceptors (Lipinski definition) is 3. The molecule has 1 aromatic carbocycles. The third-order valence-corrected chi connectivity index (χ3v) is 2.96. The molecule has 0 bridgehead atoms. The Morgan fingerprint density at radius 2 is 2.05 bits per heavy atom. The summed E-state index contributed by atoms with van der Waals surface area (Å²) in [7, 11) is 1.75. The monoisotopic (exact) mass is 275 g/mol. The predicted octanol–water partition coefficient (Wildman–Crippen LogP) is 3.34. The van der Waals surface area contributed by atoms with Gasteiger partial charge in [0.2, 0.25) is 0 Å². The van der Waals surface area contributed by atoms with Gasteiger partial charge in [-0.05, 0) is 36.8 Å². The minimum Gasteiger partial charge on any atom is -0.373 e. The van der Waals surface area contributed by atoms with Crippen LogP contribution in [0.3, 0.4) is 0 Å². The van der Waals surface area contributed by atoms with Crippen LogP contribution in [0, 0.1) is 6.92 Å². The fourth-order valence-corrected chi connectivity index (χ4v) is 1.91. The van der Waals surface area contributed by atoms with Crippen LogP contribution < -0.4 is 10.6 Å². The van der Waals surface area contributed by atoms with Crippen molar-refractivity contribution in [2.24, 2.45) is 0 Å². The first-order valence-electron chi connectivity index (χ1n) is 5.81. The highest BCUT2D eigenvalue weighted by atomic mass is 35.5. The van der Waals surface area contributed by atoms with Gasteiger partial charge in [-0.1, -0.05) is 17.7 Å². The molecule has 0 aliphatic heterocycles. The first-order valence-corrected chi connectivity index (χ1v) is 6.19. The average molecular weight is 276 g/mol. The molecule has 1 aromatic heterocycles. The molecule has 0 aliphatic carbocycles. The van der Waals surface area contributed by atoms with Gasteiger partial charge in [0.15, 0.2) is 0 Å². The number of amides is 1. The molecular weight excluding hydrogens is 262 g/mol. The Morgan fingerprint density at radius 3 is 2.74 bits per heavy atom. The SMILES string of the molecule is CNc1cc(C(=O)Nc2ccc(C)cc2Cl)ccn1. The van der Waals surface area contributed by atoms with Crippen molar-refractivity contribution in [3.05, 3.63) is 52.7 Å². The van der Waals surface area contributed by atoms with Crippen LogP contribution in [0.2, 0.25) is 5.02 Å². The van der Waals surface area contributed by atoms with Crippen LogP contribution in [0.25, 0.3) is 0 Å². The molecular formula is C14H14ClN3O. The number of aryl methyl sites for hydroxylation is 1. The van der Waals surface area contributed by atoms with Crippen LogP contribution in [-0.2, 0) is 0 Å². The van der Waals surface area contributed by atoms with Gasteiger partial charge in [0.1, 0.15) is 5.82 Å². The molecule has 1 amide bonds. The zero-order valence-electron chi connectivity index (χ0n) is 10.7. The quantitative estimate of drug-likeness (QED) is 0.903. The normalized spacial score (nSPS) is 10.1. The first-order chi connectivity index (χ1) is 9.10. The number of nitrogens with one attached hydrogen (secondary N) is 2. The Kier molecular flexibility index (Phi) is 4.02. The highest BCUT2D eigenvalue weighted by Crippen LogP contribution is 2.23. The summed E-state index contributed by atoms with van der Waals surface area (Å²) < 4.78 is 0.